The molecule has 1 saturated heterocycles. The molecule has 1 fully saturated rings. The van der Waals surface area contributed by atoms with Crippen LogP contribution in [0.5, 0.6) is 0 Å². The number of amides is 1. The minimum Gasteiger partial charge on any atom is -0.325 e. The number of nitrogens with one attached hydrogen (secondary N) is 2. The van der Waals surface area contributed by atoms with Gasteiger partial charge in [-0.3, -0.25) is 19.8 Å². The van der Waals surface area contributed by atoms with Gasteiger partial charge in [-0.15, -0.1) is 0 Å². The number of hydrogen-bond acceptors (Lipinski definition) is 5. The summed E-state index contributed by atoms with van der Waals surface area (Å²) in [5.74, 6) is 0.510. The summed E-state index contributed by atoms with van der Waals surface area (Å²) in [6.45, 7) is 3.19. The highest BCUT2D eigenvalue weighted by Gasteiger charge is 2.23. The summed E-state index contributed by atoms with van der Waals surface area (Å²) in [5.41, 5.74) is 0.596. The van der Waals surface area contributed by atoms with Crippen LogP contribution in [0.25, 0.3) is 0 Å². The molecule has 2 rings (SSSR count). The topological polar surface area (TPSA) is 87.5 Å². The van der Waals surface area contributed by atoms with E-state index in [1.54, 1.807) is 12.1 Å². The predicted octanol–water partition coefficient (Wildman–Crippen LogP) is 1.07. The lowest BCUT2D eigenvalue weighted by molar-refractivity contribution is -0.384. The van der Waals surface area contributed by atoms with Gasteiger partial charge in [0.15, 0.2) is 0 Å². The van der Waals surface area contributed by atoms with Crippen LogP contribution in [0.4, 0.5) is 11.4 Å². The molecule has 1 amide bonds. The van der Waals surface area contributed by atoms with Crippen molar-refractivity contribution in [2.75, 3.05) is 38.5 Å². The van der Waals surface area contributed by atoms with Crippen LogP contribution in [-0.4, -0.2) is 49.0 Å². The van der Waals surface area contributed by atoms with Gasteiger partial charge in [-0.1, -0.05) is 0 Å². The maximum absolute atomic E-state index is 11.9. The van der Waals surface area contributed by atoms with E-state index in [2.05, 4.69) is 15.5 Å². The lowest BCUT2D eigenvalue weighted by Crippen LogP contribution is -2.32. The van der Waals surface area contributed by atoms with Crippen LogP contribution in [0.2, 0.25) is 0 Å². The van der Waals surface area contributed by atoms with Gasteiger partial charge in [-0.25, -0.2) is 0 Å². The molecular formula is C14H20N4O3. The molecule has 0 bridgehead atoms. The second-order valence-corrected chi connectivity index (χ2v) is 5.30. The molecule has 1 unspecified atom stereocenters. The third-order valence-electron chi connectivity index (χ3n) is 3.59. The molecule has 1 aliphatic heterocycles. The summed E-state index contributed by atoms with van der Waals surface area (Å²) in [6.07, 6.45) is 1.10. The molecule has 1 atom stereocenters. The largest absolute Gasteiger partial charge is 0.325 e. The molecule has 0 aliphatic carbocycles. The fraction of sp³-hybridized carbons (Fsp3) is 0.500. The number of anilines is 1. The first kappa shape index (κ1) is 15.4. The van der Waals surface area contributed by atoms with E-state index in [0.717, 1.165) is 26.1 Å². The van der Waals surface area contributed by atoms with E-state index < -0.39 is 4.92 Å². The fourth-order valence-corrected chi connectivity index (χ4v) is 2.58. The number of carbonyl (C=O) groups is 1. The van der Waals surface area contributed by atoms with E-state index in [1.807, 2.05) is 7.05 Å². The summed E-state index contributed by atoms with van der Waals surface area (Å²) < 4.78 is 0. The van der Waals surface area contributed by atoms with Gasteiger partial charge in [0, 0.05) is 24.4 Å². The van der Waals surface area contributed by atoms with E-state index >= 15 is 0 Å². The second kappa shape index (κ2) is 7.14. The maximum Gasteiger partial charge on any atom is 0.269 e. The summed E-state index contributed by atoms with van der Waals surface area (Å²) in [6, 6.07) is 5.86. The first-order chi connectivity index (χ1) is 10.1. The van der Waals surface area contributed by atoms with Gasteiger partial charge in [0.25, 0.3) is 5.69 Å². The molecule has 0 aromatic heterocycles. The van der Waals surface area contributed by atoms with Crippen LogP contribution in [-0.2, 0) is 4.79 Å². The lowest BCUT2D eigenvalue weighted by Gasteiger charge is -2.15. The summed E-state index contributed by atoms with van der Waals surface area (Å²) in [7, 11) is 1.93. The molecular weight excluding hydrogens is 272 g/mol. The van der Waals surface area contributed by atoms with Crippen LogP contribution >= 0.6 is 0 Å². The zero-order chi connectivity index (χ0) is 15.2. The third kappa shape index (κ3) is 4.51. The highest BCUT2D eigenvalue weighted by molar-refractivity contribution is 5.92. The number of nitro groups is 1. The van der Waals surface area contributed by atoms with Gasteiger partial charge >= 0.3 is 0 Å². The molecule has 114 valence electrons. The van der Waals surface area contributed by atoms with Crippen molar-refractivity contribution >= 4 is 17.3 Å². The first-order valence-electron chi connectivity index (χ1n) is 6.99. The zero-order valence-corrected chi connectivity index (χ0v) is 12.0. The Hall–Kier alpha value is -1.99. The van der Waals surface area contributed by atoms with Crippen molar-refractivity contribution in [1.82, 2.24) is 10.2 Å². The smallest absolute Gasteiger partial charge is 0.269 e. The molecule has 2 N–H and O–H groups in total. The van der Waals surface area contributed by atoms with Crippen LogP contribution in [0.1, 0.15) is 6.42 Å². The average Bonchev–Trinajstić information content (AvgIpc) is 2.87. The quantitative estimate of drug-likeness (QED) is 0.605. The number of hydrogen-bond donors (Lipinski definition) is 2. The van der Waals surface area contributed by atoms with Crippen molar-refractivity contribution in [1.29, 1.82) is 0 Å². The van der Waals surface area contributed by atoms with Crippen LogP contribution in [0.15, 0.2) is 24.3 Å². The van der Waals surface area contributed by atoms with Crippen molar-refractivity contribution in [3.8, 4) is 0 Å². The molecule has 1 aromatic rings. The minimum atomic E-state index is -0.461. The highest BCUT2D eigenvalue weighted by Crippen LogP contribution is 2.17. The Morgan fingerprint density at radius 2 is 2.14 bits per heavy atom. The van der Waals surface area contributed by atoms with E-state index in [-0.39, 0.29) is 11.6 Å². The summed E-state index contributed by atoms with van der Waals surface area (Å²) in [4.78, 5) is 24.2. The van der Waals surface area contributed by atoms with Crippen molar-refractivity contribution < 1.29 is 9.72 Å². The Morgan fingerprint density at radius 1 is 1.43 bits per heavy atom. The van der Waals surface area contributed by atoms with Crippen molar-refractivity contribution in [3.05, 3.63) is 34.4 Å². The van der Waals surface area contributed by atoms with Gasteiger partial charge in [0.05, 0.1) is 11.5 Å². The van der Waals surface area contributed by atoms with Crippen molar-refractivity contribution in [2.45, 2.75) is 6.42 Å². The van der Waals surface area contributed by atoms with Gasteiger partial charge in [0.1, 0.15) is 0 Å². The second-order valence-electron chi connectivity index (χ2n) is 5.30. The predicted molar refractivity (Wildman–Crippen MR) is 80.2 cm³/mol. The molecule has 0 radical (unpaired) electrons. The van der Waals surface area contributed by atoms with E-state index in [0.29, 0.717) is 18.2 Å². The molecule has 1 heterocycles. The normalized spacial score (nSPS) is 18.6. The summed E-state index contributed by atoms with van der Waals surface area (Å²) in [5, 5.41) is 16.5. The Labute approximate surface area is 123 Å². The Bertz CT molecular complexity index is 503. The van der Waals surface area contributed by atoms with Crippen LogP contribution < -0.4 is 10.6 Å². The third-order valence-corrected chi connectivity index (χ3v) is 3.59. The number of likely N-dealkylation sites (tertiary alicyclic amines) is 1. The molecule has 0 spiro atoms. The zero-order valence-electron chi connectivity index (χ0n) is 12.0. The van der Waals surface area contributed by atoms with Crippen LogP contribution in [0, 0.1) is 16.0 Å². The fourth-order valence-electron chi connectivity index (χ4n) is 2.58. The Balaban J connectivity index is 1.80. The molecule has 1 aromatic carbocycles. The van der Waals surface area contributed by atoms with E-state index in [1.165, 1.54) is 12.1 Å². The Morgan fingerprint density at radius 3 is 2.76 bits per heavy atom. The number of nitro benzene ring substituents is 1. The molecule has 7 nitrogen and oxygen atoms in total. The SMILES string of the molecule is CNCC1CCN(CC(=O)Nc2ccc([N+](=O)[O-])cc2)C1. The molecule has 1 aliphatic rings. The van der Waals surface area contributed by atoms with Crippen molar-refractivity contribution in [3.63, 3.8) is 0 Å². The van der Waals surface area contributed by atoms with Gasteiger partial charge < -0.3 is 10.6 Å². The number of non-ortho nitro benzene ring substituents is 1. The van der Waals surface area contributed by atoms with E-state index in [4.69, 9.17) is 0 Å². The van der Waals surface area contributed by atoms with Gasteiger partial charge in [-0.05, 0) is 44.6 Å². The van der Waals surface area contributed by atoms with E-state index in [9.17, 15) is 14.9 Å². The average molecular weight is 292 g/mol. The minimum absolute atomic E-state index is 0.0162. The number of nitrogens with zero attached hydrogens (tertiary/aromatic N) is 2. The van der Waals surface area contributed by atoms with Crippen LogP contribution in [0.3, 0.4) is 0 Å². The lowest BCUT2D eigenvalue weighted by atomic mass is 10.1. The number of benzene rings is 1. The highest BCUT2D eigenvalue weighted by atomic mass is 16.6. The number of carbonyl (C=O) groups excluding carboxylic acids is 1. The number of rotatable bonds is 6. The Kier molecular flexibility index (Phi) is 5.24. The summed E-state index contributed by atoms with van der Waals surface area (Å²) >= 11 is 0. The first-order valence-corrected chi connectivity index (χ1v) is 6.99. The molecule has 0 saturated carbocycles. The molecule has 7 heteroatoms. The van der Waals surface area contributed by atoms with Gasteiger partial charge in [-0.2, -0.15) is 0 Å². The molecule has 21 heavy (non-hydrogen) atoms. The monoisotopic (exact) mass is 292 g/mol. The van der Waals surface area contributed by atoms with Gasteiger partial charge in [0.2, 0.25) is 5.91 Å². The standard InChI is InChI=1S/C14H20N4O3/c1-15-8-11-6-7-17(9-11)10-14(19)16-12-2-4-13(5-3-12)18(20)21/h2-5,11,15H,6-10H2,1H3,(H,16,19). The van der Waals surface area contributed by atoms with Crippen molar-refractivity contribution in [2.24, 2.45) is 5.92 Å². The maximum atomic E-state index is 11.9.